The number of hydrogen-bond acceptors (Lipinski definition) is 6. The lowest BCUT2D eigenvalue weighted by Gasteiger charge is -2.61. The number of fused-ring (bicyclic) bond motifs is 5. The number of alkyl halides is 1. The summed E-state index contributed by atoms with van der Waals surface area (Å²) < 4.78 is 12.1. The first-order valence-corrected chi connectivity index (χ1v) is 13.4. The number of esters is 2. The molecule has 178 valence electrons. The molecule has 0 bridgehead atoms. The van der Waals surface area contributed by atoms with E-state index in [9.17, 15) is 19.5 Å². The molecule has 0 aliphatic heterocycles. The van der Waals surface area contributed by atoms with Gasteiger partial charge < -0.3 is 14.6 Å². The Morgan fingerprint density at radius 1 is 1.22 bits per heavy atom. The Balaban J connectivity index is 1.71. The normalized spacial score (nSPS) is 41.6. The molecule has 0 aromatic carbocycles. The van der Waals surface area contributed by atoms with E-state index < -0.39 is 6.10 Å². The molecule has 6 nitrogen and oxygen atoms in total. The molecule has 4 aliphatic rings. The number of halogens is 1. The molecule has 0 aromatic heterocycles. The minimum atomic E-state index is -0.713. The first-order valence-electron chi connectivity index (χ1n) is 11.9. The second-order valence-corrected chi connectivity index (χ2v) is 11.4. The third-order valence-corrected chi connectivity index (χ3v) is 10.6. The first-order chi connectivity index (χ1) is 15.1. The smallest absolute Gasteiger partial charge is 0.302 e. The lowest BCUT2D eigenvalue weighted by Crippen LogP contribution is -2.59. The van der Waals surface area contributed by atoms with Crippen LogP contribution < -0.4 is 0 Å². The summed E-state index contributed by atoms with van der Waals surface area (Å²) in [5.41, 5.74) is 0.963. The molecule has 4 rings (SSSR count). The number of ketones is 1. The Kier molecular flexibility index (Phi) is 6.80. The van der Waals surface area contributed by atoms with Gasteiger partial charge in [-0.15, -0.1) is 0 Å². The van der Waals surface area contributed by atoms with Crippen molar-refractivity contribution in [2.24, 2.45) is 34.5 Å². The molecular weight excluding hydrogens is 523 g/mol. The Bertz CT molecular complexity index is 823. The molecule has 4 aliphatic carbocycles. The van der Waals surface area contributed by atoms with E-state index in [0.29, 0.717) is 18.3 Å². The van der Waals surface area contributed by atoms with E-state index in [1.807, 2.05) is 6.08 Å². The van der Waals surface area contributed by atoms with Crippen molar-refractivity contribution in [3.05, 3.63) is 11.6 Å². The molecule has 7 heteroatoms. The van der Waals surface area contributed by atoms with Gasteiger partial charge in [0, 0.05) is 30.6 Å². The molecule has 0 radical (unpaired) electrons. The number of allylic oxidation sites excluding steroid dienone is 1. The van der Waals surface area contributed by atoms with Gasteiger partial charge in [0.25, 0.3) is 0 Å². The monoisotopic (exact) mass is 558 g/mol. The lowest BCUT2D eigenvalue weighted by molar-refractivity contribution is -0.179. The third kappa shape index (κ3) is 3.95. The zero-order valence-corrected chi connectivity index (χ0v) is 21.4. The van der Waals surface area contributed by atoms with Gasteiger partial charge in [-0.3, -0.25) is 14.4 Å². The van der Waals surface area contributed by atoms with Crippen LogP contribution in [0, 0.1) is 34.5 Å². The highest BCUT2D eigenvalue weighted by molar-refractivity contribution is 14.1. The molecule has 0 heterocycles. The van der Waals surface area contributed by atoms with Crippen LogP contribution in [0.4, 0.5) is 0 Å². The van der Waals surface area contributed by atoms with Crippen LogP contribution in [0.1, 0.15) is 65.7 Å². The van der Waals surface area contributed by atoms with Gasteiger partial charge >= 0.3 is 11.9 Å². The van der Waals surface area contributed by atoms with Crippen molar-refractivity contribution >= 4 is 40.3 Å². The molecule has 0 unspecified atom stereocenters. The van der Waals surface area contributed by atoms with Crippen LogP contribution in [-0.2, 0) is 23.9 Å². The summed E-state index contributed by atoms with van der Waals surface area (Å²) >= 11 is 2.44. The van der Waals surface area contributed by atoms with Crippen molar-refractivity contribution in [2.75, 3.05) is 11.0 Å². The molecule has 3 saturated carbocycles. The zero-order chi connectivity index (χ0) is 23.3. The number of rotatable bonds is 5. The summed E-state index contributed by atoms with van der Waals surface area (Å²) in [4.78, 5) is 35.7. The molecule has 8 atom stereocenters. The third-order valence-electron chi connectivity index (χ3n) is 9.16. The number of ether oxygens (including phenoxy) is 2. The van der Waals surface area contributed by atoms with Crippen LogP contribution in [0.5, 0.6) is 0 Å². The van der Waals surface area contributed by atoms with Crippen molar-refractivity contribution in [1.82, 2.24) is 0 Å². The van der Waals surface area contributed by atoms with Gasteiger partial charge in [0.2, 0.25) is 0 Å². The van der Waals surface area contributed by atoms with Crippen LogP contribution >= 0.6 is 22.6 Å². The number of carbonyl (C=O) groups excluding carboxylic acids is 3. The maximum Gasteiger partial charge on any atom is 0.302 e. The molecule has 0 saturated heterocycles. The quantitative estimate of drug-likeness (QED) is 0.312. The Hall–Kier alpha value is -0.960. The minimum Gasteiger partial charge on any atom is -0.463 e. The Morgan fingerprint density at radius 3 is 2.62 bits per heavy atom. The Labute approximate surface area is 204 Å². The SMILES string of the molecule is CC(=O)OC[C@@H](O)[C@H]1CC[C@H]2[C@@H]3CCC4=CC(=O)CC[C@]4(C)[C@H]3[C@@H](OC(C)=O)C[C@]12CI. The number of carbonyl (C=O) groups is 3. The molecule has 0 spiro atoms. The molecule has 0 amide bonds. The summed E-state index contributed by atoms with van der Waals surface area (Å²) in [7, 11) is 0. The van der Waals surface area contributed by atoms with Gasteiger partial charge in [0.1, 0.15) is 12.7 Å². The van der Waals surface area contributed by atoms with E-state index in [1.165, 1.54) is 19.4 Å². The second kappa shape index (κ2) is 9.01. The van der Waals surface area contributed by atoms with Gasteiger partial charge in [-0.1, -0.05) is 35.1 Å². The van der Waals surface area contributed by atoms with E-state index >= 15 is 0 Å². The number of hydrogen-bond donors (Lipinski definition) is 1. The maximum absolute atomic E-state index is 12.2. The van der Waals surface area contributed by atoms with E-state index in [2.05, 4.69) is 29.5 Å². The van der Waals surface area contributed by atoms with Crippen molar-refractivity contribution in [3.8, 4) is 0 Å². The lowest BCUT2D eigenvalue weighted by atomic mass is 9.45. The first kappa shape index (κ1) is 24.2. The van der Waals surface area contributed by atoms with E-state index in [-0.39, 0.29) is 53.1 Å². The highest BCUT2D eigenvalue weighted by atomic mass is 127. The number of aliphatic hydroxyl groups excluding tert-OH is 1. The molecular formula is C25H35IO6. The average Bonchev–Trinajstić information content (AvgIpc) is 3.11. The van der Waals surface area contributed by atoms with Crippen LogP contribution in [0.3, 0.4) is 0 Å². The van der Waals surface area contributed by atoms with Crippen LogP contribution in [0.15, 0.2) is 11.6 Å². The number of aliphatic hydroxyl groups is 1. The van der Waals surface area contributed by atoms with E-state index in [4.69, 9.17) is 9.47 Å². The largest absolute Gasteiger partial charge is 0.463 e. The summed E-state index contributed by atoms with van der Waals surface area (Å²) in [5.74, 6) is 0.609. The second-order valence-electron chi connectivity index (χ2n) is 10.7. The maximum atomic E-state index is 12.2. The van der Waals surface area contributed by atoms with Crippen LogP contribution in [-0.4, -0.2) is 46.1 Å². The summed E-state index contributed by atoms with van der Waals surface area (Å²) in [6, 6.07) is 0. The highest BCUT2D eigenvalue weighted by Gasteiger charge is 2.65. The van der Waals surface area contributed by atoms with Gasteiger partial charge in [-0.05, 0) is 73.2 Å². The van der Waals surface area contributed by atoms with Crippen LogP contribution in [0.25, 0.3) is 0 Å². The fourth-order valence-corrected chi connectivity index (χ4v) is 9.40. The molecule has 32 heavy (non-hydrogen) atoms. The highest BCUT2D eigenvalue weighted by Crippen LogP contribution is 2.68. The van der Waals surface area contributed by atoms with Gasteiger partial charge in [0.05, 0.1) is 6.10 Å². The topological polar surface area (TPSA) is 89.9 Å². The summed E-state index contributed by atoms with van der Waals surface area (Å²) in [6.45, 7) is 5.14. The predicted octanol–water partition coefficient (Wildman–Crippen LogP) is 4.02. The molecule has 1 N–H and O–H groups in total. The fourth-order valence-electron chi connectivity index (χ4n) is 7.95. The van der Waals surface area contributed by atoms with E-state index in [0.717, 1.165) is 43.0 Å². The van der Waals surface area contributed by atoms with E-state index in [1.54, 1.807) is 0 Å². The summed E-state index contributed by atoms with van der Waals surface area (Å²) in [5, 5.41) is 11.0. The predicted molar refractivity (Wildman–Crippen MR) is 127 cm³/mol. The Morgan fingerprint density at radius 2 is 1.97 bits per heavy atom. The van der Waals surface area contributed by atoms with Gasteiger partial charge in [0.15, 0.2) is 5.78 Å². The molecule has 0 aromatic rings. The average molecular weight is 558 g/mol. The standard InChI is InChI=1S/C25H35IO6/c1-14(27)31-12-21(30)20-7-6-19-18-5-4-16-10-17(29)8-9-24(16,3)23(18)22(32-15(2)28)11-25(19,20)13-26/h10,18-23,30H,4-9,11-13H2,1-3H3/t18-,19-,20+,21+,22-,23+,24-,25+/m0/s1. The van der Waals surface area contributed by atoms with Crippen molar-refractivity contribution in [1.29, 1.82) is 0 Å². The van der Waals surface area contributed by atoms with Crippen molar-refractivity contribution in [3.63, 3.8) is 0 Å². The zero-order valence-electron chi connectivity index (χ0n) is 19.3. The van der Waals surface area contributed by atoms with Gasteiger partial charge in [-0.25, -0.2) is 0 Å². The van der Waals surface area contributed by atoms with Crippen LogP contribution in [0.2, 0.25) is 0 Å². The van der Waals surface area contributed by atoms with Gasteiger partial charge in [-0.2, -0.15) is 0 Å². The minimum absolute atomic E-state index is 0.0143. The molecule has 3 fully saturated rings. The fraction of sp³-hybridized carbons (Fsp3) is 0.800. The summed E-state index contributed by atoms with van der Waals surface area (Å²) in [6.07, 6.45) is 6.86. The van der Waals surface area contributed by atoms with Crippen molar-refractivity contribution < 1.29 is 29.0 Å². The van der Waals surface area contributed by atoms with Crippen molar-refractivity contribution in [2.45, 2.75) is 77.9 Å².